The van der Waals surface area contributed by atoms with E-state index in [9.17, 15) is 19.8 Å². The second kappa shape index (κ2) is 8.55. The van der Waals surface area contributed by atoms with E-state index in [2.05, 4.69) is 21.8 Å². The number of carbonyl (C=O) groups is 2. The minimum atomic E-state index is -0.750. The van der Waals surface area contributed by atoms with Gasteiger partial charge < -0.3 is 31.0 Å². The number of nitrogens with one attached hydrogen (secondary N) is 1. The van der Waals surface area contributed by atoms with Crippen molar-refractivity contribution in [3.8, 4) is 11.5 Å². The van der Waals surface area contributed by atoms with Gasteiger partial charge in [0.15, 0.2) is 0 Å². The fourth-order valence-electron chi connectivity index (χ4n) is 3.66. The Morgan fingerprint density at radius 1 is 1.20 bits per heavy atom. The lowest BCUT2D eigenvalue weighted by Gasteiger charge is -2.41. The summed E-state index contributed by atoms with van der Waals surface area (Å²) in [6.45, 7) is 2.65. The van der Waals surface area contributed by atoms with Crippen LogP contribution in [0.2, 0.25) is 0 Å². The van der Waals surface area contributed by atoms with Gasteiger partial charge in [0.05, 0.1) is 17.0 Å². The van der Waals surface area contributed by atoms with Gasteiger partial charge in [0.25, 0.3) is 0 Å². The van der Waals surface area contributed by atoms with Crippen LogP contribution in [0.5, 0.6) is 11.5 Å². The monoisotopic (exact) mass is 428 g/mol. The van der Waals surface area contributed by atoms with Crippen LogP contribution in [0.25, 0.3) is 0 Å². The number of anilines is 1. The van der Waals surface area contributed by atoms with Gasteiger partial charge in [-0.25, -0.2) is 4.31 Å². The summed E-state index contributed by atoms with van der Waals surface area (Å²) < 4.78 is 2.15. The number of carbonyl (C=O) groups excluding carboxylic acids is 2. The van der Waals surface area contributed by atoms with Crippen LogP contribution < -0.4 is 11.1 Å². The van der Waals surface area contributed by atoms with Crippen molar-refractivity contribution in [2.24, 2.45) is 5.73 Å². The minimum Gasteiger partial charge on any atom is -0.508 e. The Morgan fingerprint density at radius 3 is 2.70 bits per heavy atom. The molecule has 1 atom stereocenters. The largest absolute Gasteiger partial charge is 0.508 e. The number of amides is 1. The summed E-state index contributed by atoms with van der Waals surface area (Å²) in [7, 11) is 0. The third-order valence-electron chi connectivity index (χ3n) is 5.30. The summed E-state index contributed by atoms with van der Waals surface area (Å²) in [5.41, 5.74) is 9.15. The molecule has 0 radical (unpaired) electrons. The molecule has 30 heavy (non-hydrogen) atoms. The van der Waals surface area contributed by atoms with Crippen LogP contribution in [-0.4, -0.2) is 56.8 Å². The normalized spacial score (nSPS) is 17.3. The summed E-state index contributed by atoms with van der Waals surface area (Å²) in [5, 5.41) is 22.9. The second-order valence-electron chi connectivity index (χ2n) is 7.62. The number of hydrogen-bond donors (Lipinski definition) is 4. The number of nitrogens with zero attached hydrogens (tertiary/aromatic N) is 2. The van der Waals surface area contributed by atoms with E-state index in [-0.39, 0.29) is 29.9 Å². The highest BCUT2D eigenvalue weighted by Crippen LogP contribution is 2.38. The molecule has 5 N–H and O–H groups in total. The first-order valence-corrected chi connectivity index (χ1v) is 10.5. The number of aromatic hydroxyl groups is 2. The van der Waals surface area contributed by atoms with Crippen molar-refractivity contribution in [3.63, 3.8) is 0 Å². The number of aldehydes is 1. The van der Waals surface area contributed by atoms with Crippen LogP contribution in [0.4, 0.5) is 5.69 Å². The molecular weight excluding hydrogens is 404 g/mol. The van der Waals surface area contributed by atoms with E-state index >= 15 is 0 Å². The Labute approximate surface area is 178 Å². The maximum absolute atomic E-state index is 12.1. The van der Waals surface area contributed by atoms with Crippen molar-refractivity contribution in [2.75, 3.05) is 18.4 Å². The Morgan fingerprint density at radius 2 is 1.97 bits per heavy atom. The number of likely N-dealkylation sites (tertiary alicyclic amines) is 1. The van der Waals surface area contributed by atoms with E-state index in [1.54, 1.807) is 17.0 Å². The van der Waals surface area contributed by atoms with Crippen molar-refractivity contribution < 1.29 is 19.8 Å². The Hall–Kier alpha value is -2.75. The summed E-state index contributed by atoms with van der Waals surface area (Å²) in [6.07, 6.45) is 0.724. The molecule has 1 unspecified atom stereocenters. The van der Waals surface area contributed by atoms with Gasteiger partial charge in [-0.05, 0) is 47.3 Å². The summed E-state index contributed by atoms with van der Waals surface area (Å²) in [4.78, 5) is 25.0. The van der Waals surface area contributed by atoms with Crippen molar-refractivity contribution >= 4 is 29.8 Å². The molecule has 2 aromatic carbocycles. The Balaban J connectivity index is 1.31. The highest BCUT2D eigenvalue weighted by Gasteiger charge is 2.33. The molecule has 0 spiro atoms. The first-order valence-electron chi connectivity index (χ1n) is 9.74. The molecule has 2 aliphatic heterocycles. The zero-order chi connectivity index (χ0) is 21.3. The van der Waals surface area contributed by atoms with Gasteiger partial charge in [0.2, 0.25) is 5.91 Å². The van der Waals surface area contributed by atoms with Crippen molar-refractivity contribution in [3.05, 3.63) is 47.5 Å². The minimum absolute atomic E-state index is 0.0410. The number of benzene rings is 2. The molecule has 0 aliphatic carbocycles. The molecule has 2 aromatic rings. The van der Waals surface area contributed by atoms with E-state index < -0.39 is 6.04 Å². The van der Waals surface area contributed by atoms with Crippen LogP contribution in [0.3, 0.4) is 0 Å². The number of phenols is 2. The van der Waals surface area contributed by atoms with E-state index in [0.717, 1.165) is 18.8 Å². The highest BCUT2D eigenvalue weighted by molar-refractivity contribution is 7.97. The van der Waals surface area contributed by atoms with Crippen molar-refractivity contribution in [1.82, 2.24) is 9.21 Å². The van der Waals surface area contributed by atoms with Gasteiger partial charge in [-0.1, -0.05) is 6.07 Å². The quantitative estimate of drug-likeness (QED) is 0.388. The Bertz CT molecular complexity index is 964. The average Bonchev–Trinajstić information content (AvgIpc) is 3.08. The van der Waals surface area contributed by atoms with Gasteiger partial charge in [-0.15, -0.1) is 0 Å². The molecule has 8 nitrogen and oxygen atoms in total. The molecule has 1 saturated heterocycles. The standard InChI is InChI=1S/C21H24N4O4S/c22-18(5-6-26)21(29)24-11-16(12-24)23-15-2-1-13-9-25(10-14(13)7-15)30-20-4-3-17(27)8-19(20)28/h1-4,6-8,16,18,23,27-28H,5,9-12,22H2. The molecular formula is C21H24N4O4S. The molecule has 158 valence electrons. The predicted molar refractivity (Wildman–Crippen MR) is 114 cm³/mol. The fourth-order valence-corrected chi connectivity index (χ4v) is 4.63. The first-order chi connectivity index (χ1) is 14.4. The Kier molecular flexibility index (Phi) is 5.85. The van der Waals surface area contributed by atoms with E-state index in [1.807, 2.05) is 6.07 Å². The van der Waals surface area contributed by atoms with Crippen LogP contribution in [0.15, 0.2) is 41.3 Å². The van der Waals surface area contributed by atoms with Gasteiger partial charge in [-0.3, -0.25) is 4.79 Å². The number of hydrogen-bond acceptors (Lipinski definition) is 8. The van der Waals surface area contributed by atoms with Gasteiger partial charge >= 0.3 is 0 Å². The number of fused-ring (bicyclic) bond motifs is 1. The highest BCUT2D eigenvalue weighted by atomic mass is 32.2. The molecule has 0 aromatic heterocycles. The molecule has 0 saturated carbocycles. The summed E-state index contributed by atoms with van der Waals surface area (Å²) in [5.74, 6) is -0.0752. The second-order valence-corrected chi connectivity index (χ2v) is 8.76. The molecule has 1 amide bonds. The SMILES string of the molecule is NC(CC=O)C(=O)N1CC(Nc2ccc3c(c2)CN(Sc2ccc(O)cc2O)C3)C1. The molecule has 0 bridgehead atoms. The number of rotatable bonds is 7. The summed E-state index contributed by atoms with van der Waals surface area (Å²) in [6, 6.07) is 10.3. The van der Waals surface area contributed by atoms with Crippen molar-refractivity contribution in [1.29, 1.82) is 0 Å². The lowest BCUT2D eigenvalue weighted by molar-refractivity contribution is -0.137. The maximum atomic E-state index is 12.1. The maximum Gasteiger partial charge on any atom is 0.240 e. The molecule has 2 aliphatic rings. The number of phenolic OH excluding ortho intramolecular Hbond substituents is 2. The predicted octanol–water partition coefficient (Wildman–Crippen LogP) is 1.66. The molecule has 9 heteroatoms. The summed E-state index contributed by atoms with van der Waals surface area (Å²) >= 11 is 1.46. The van der Waals surface area contributed by atoms with E-state index in [4.69, 9.17) is 5.73 Å². The van der Waals surface area contributed by atoms with E-state index in [1.165, 1.54) is 29.1 Å². The smallest absolute Gasteiger partial charge is 0.240 e. The third kappa shape index (κ3) is 4.38. The first kappa shape index (κ1) is 20.5. The average molecular weight is 429 g/mol. The lowest BCUT2D eigenvalue weighted by atomic mass is 10.0. The van der Waals surface area contributed by atoms with Crippen LogP contribution in [-0.2, 0) is 22.7 Å². The van der Waals surface area contributed by atoms with Crippen LogP contribution >= 0.6 is 11.9 Å². The zero-order valence-corrected chi connectivity index (χ0v) is 17.1. The number of nitrogens with two attached hydrogens (primary N) is 1. The zero-order valence-electron chi connectivity index (χ0n) is 16.3. The molecule has 4 rings (SSSR count). The van der Waals surface area contributed by atoms with Crippen molar-refractivity contribution in [2.45, 2.75) is 36.5 Å². The van der Waals surface area contributed by atoms with Gasteiger partial charge in [0, 0.05) is 44.4 Å². The van der Waals surface area contributed by atoms with Crippen LogP contribution in [0.1, 0.15) is 17.5 Å². The molecule has 2 heterocycles. The van der Waals surface area contributed by atoms with E-state index in [0.29, 0.717) is 24.3 Å². The topological polar surface area (TPSA) is 119 Å². The van der Waals surface area contributed by atoms with Gasteiger partial charge in [-0.2, -0.15) is 0 Å². The molecule has 1 fully saturated rings. The fraction of sp³-hybridized carbons (Fsp3) is 0.333. The van der Waals surface area contributed by atoms with Crippen LogP contribution in [0, 0.1) is 0 Å². The van der Waals surface area contributed by atoms with Gasteiger partial charge in [0.1, 0.15) is 17.8 Å². The lowest BCUT2D eigenvalue weighted by Crippen LogP contribution is -2.60. The third-order valence-corrected chi connectivity index (χ3v) is 6.36.